The molecule has 1 atom stereocenters. The van der Waals surface area contributed by atoms with Gasteiger partial charge < -0.3 is 4.74 Å². The maximum atomic E-state index is 13.5. The second-order valence-electron chi connectivity index (χ2n) is 3.17. The van der Waals surface area contributed by atoms with Gasteiger partial charge in [-0.15, -0.1) is 0 Å². The molecule has 1 unspecified atom stereocenters. The zero-order valence-corrected chi connectivity index (χ0v) is 8.50. The van der Waals surface area contributed by atoms with E-state index < -0.39 is 12.1 Å². The van der Waals surface area contributed by atoms with Crippen molar-refractivity contribution < 1.29 is 13.9 Å². The molecule has 2 nitrogen and oxygen atoms in total. The van der Waals surface area contributed by atoms with E-state index in [0.29, 0.717) is 5.56 Å². The van der Waals surface area contributed by atoms with Crippen molar-refractivity contribution in [3.8, 4) is 0 Å². The van der Waals surface area contributed by atoms with Gasteiger partial charge in [-0.1, -0.05) is 18.2 Å². The summed E-state index contributed by atoms with van der Waals surface area (Å²) in [6.07, 6.45) is -1.68. The van der Waals surface area contributed by atoms with Gasteiger partial charge in [0.05, 0.1) is 7.11 Å². The monoisotopic (exact) mass is 196 g/mol. The standard InChI is InChI=1S/C11H13FO2/c1-7-5-4-6-9(8(7)2)10(12)11(13)14-3/h4-6,10H,1-3H3. The molecular weight excluding hydrogens is 183 g/mol. The molecule has 0 aromatic heterocycles. The Hall–Kier alpha value is -1.38. The van der Waals surface area contributed by atoms with Gasteiger partial charge in [-0.05, 0) is 25.0 Å². The highest BCUT2D eigenvalue weighted by molar-refractivity contribution is 5.76. The number of carbonyl (C=O) groups is 1. The van der Waals surface area contributed by atoms with Crippen LogP contribution in [0.1, 0.15) is 22.9 Å². The van der Waals surface area contributed by atoms with Crippen LogP contribution in [-0.2, 0) is 9.53 Å². The minimum Gasteiger partial charge on any atom is -0.467 e. The third-order valence-corrected chi connectivity index (χ3v) is 2.33. The molecule has 0 radical (unpaired) electrons. The lowest BCUT2D eigenvalue weighted by atomic mass is 10.00. The van der Waals surface area contributed by atoms with Crippen LogP contribution in [0.2, 0.25) is 0 Å². The summed E-state index contributed by atoms with van der Waals surface area (Å²) in [6, 6.07) is 5.21. The highest BCUT2D eigenvalue weighted by Crippen LogP contribution is 2.24. The fourth-order valence-electron chi connectivity index (χ4n) is 1.28. The van der Waals surface area contributed by atoms with Gasteiger partial charge >= 0.3 is 5.97 Å². The van der Waals surface area contributed by atoms with Crippen LogP contribution >= 0.6 is 0 Å². The van der Waals surface area contributed by atoms with Gasteiger partial charge in [0, 0.05) is 5.56 Å². The van der Waals surface area contributed by atoms with E-state index in [1.807, 2.05) is 13.0 Å². The van der Waals surface area contributed by atoms with Crippen molar-refractivity contribution in [2.24, 2.45) is 0 Å². The number of rotatable bonds is 2. The van der Waals surface area contributed by atoms with Crippen LogP contribution in [0.25, 0.3) is 0 Å². The van der Waals surface area contributed by atoms with E-state index in [1.54, 1.807) is 19.1 Å². The summed E-state index contributed by atoms with van der Waals surface area (Å²) in [4.78, 5) is 11.0. The number of halogens is 1. The smallest absolute Gasteiger partial charge is 0.345 e. The normalized spacial score (nSPS) is 12.3. The van der Waals surface area contributed by atoms with Crippen LogP contribution in [0.4, 0.5) is 4.39 Å². The van der Waals surface area contributed by atoms with Crippen LogP contribution in [-0.4, -0.2) is 13.1 Å². The molecular formula is C11H13FO2. The van der Waals surface area contributed by atoms with E-state index in [2.05, 4.69) is 4.74 Å². The average molecular weight is 196 g/mol. The van der Waals surface area contributed by atoms with Crippen molar-refractivity contribution >= 4 is 5.97 Å². The first-order valence-electron chi connectivity index (χ1n) is 4.36. The predicted octanol–water partition coefficient (Wildman–Crippen LogP) is 2.49. The van der Waals surface area contributed by atoms with Gasteiger partial charge in [0.25, 0.3) is 0 Å². The maximum Gasteiger partial charge on any atom is 0.345 e. The molecule has 0 saturated heterocycles. The zero-order valence-electron chi connectivity index (χ0n) is 8.50. The van der Waals surface area contributed by atoms with Gasteiger partial charge in [0.2, 0.25) is 6.17 Å². The van der Waals surface area contributed by atoms with E-state index in [1.165, 1.54) is 7.11 Å². The second kappa shape index (κ2) is 4.22. The Balaban J connectivity index is 3.07. The molecule has 0 amide bonds. The van der Waals surface area contributed by atoms with Crippen molar-refractivity contribution in [2.75, 3.05) is 7.11 Å². The van der Waals surface area contributed by atoms with Crippen molar-refractivity contribution in [1.82, 2.24) is 0 Å². The maximum absolute atomic E-state index is 13.5. The highest BCUT2D eigenvalue weighted by atomic mass is 19.1. The quantitative estimate of drug-likeness (QED) is 0.679. The van der Waals surface area contributed by atoms with Crippen molar-refractivity contribution in [2.45, 2.75) is 20.0 Å². The first-order chi connectivity index (χ1) is 6.57. The number of alkyl halides is 1. The Morgan fingerprint density at radius 2 is 2.07 bits per heavy atom. The zero-order chi connectivity index (χ0) is 10.7. The fraction of sp³-hybridized carbons (Fsp3) is 0.364. The largest absolute Gasteiger partial charge is 0.467 e. The fourth-order valence-corrected chi connectivity index (χ4v) is 1.28. The topological polar surface area (TPSA) is 26.3 Å². The van der Waals surface area contributed by atoms with E-state index >= 15 is 0 Å². The molecule has 0 fully saturated rings. The second-order valence-corrected chi connectivity index (χ2v) is 3.17. The number of hydrogen-bond donors (Lipinski definition) is 0. The van der Waals surface area contributed by atoms with Gasteiger partial charge in [-0.3, -0.25) is 0 Å². The predicted molar refractivity (Wildman–Crippen MR) is 51.8 cm³/mol. The van der Waals surface area contributed by atoms with Gasteiger partial charge in [-0.25, -0.2) is 9.18 Å². The molecule has 0 N–H and O–H groups in total. The minimum absolute atomic E-state index is 0.386. The molecule has 0 spiro atoms. The van der Waals surface area contributed by atoms with Crippen molar-refractivity contribution in [3.05, 3.63) is 34.9 Å². The van der Waals surface area contributed by atoms with Crippen LogP contribution in [0.5, 0.6) is 0 Å². The lowest BCUT2D eigenvalue weighted by molar-refractivity contribution is -0.146. The Morgan fingerprint density at radius 3 is 2.64 bits per heavy atom. The minimum atomic E-state index is -1.68. The summed E-state index contributed by atoms with van der Waals surface area (Å²) in [7, 11) is 1.18. The SMILES string of the molecule is COC(=O)C(F)c1cccc(C)c1C. The van der Waals surface area contributed by atoms with E-state index in [9.17, 15) is 9.18 Å². The summed E-state index contributed by atoms with van der Waals surface area (Å²) in [6.45, 7) is 3.67. The molecule has 0 heterocycles. The van der Waals surface area contributed by atoms with Crippen LogP contribution in [0.15, 0.2) is 18.2 Å². The number of benzene rings is 1. The summed E-state index contributed by atoms with van der Waals surface area (Å²) < 4.78 is 17.8. The van der Waals surface area contributed by atoms with Crippen LogP contribution in [0, 0.1) is 13.8 Å². The Morgan fingerprint density at radius 1 is 1.43 bits per heavy atom. The third kappa shape index (κ3) is 1.92. The Bertz CT molecular complexity index is 347. The van der Waals surface area contributed by atoms with Gasteiger partial charge in [0.1, 0.15) is 0 Å². The Labute approximate surface area is 82.7 Å². The molecule has 76 valence electrons. The summed E-state index contributed by atoms with van der Waals surface area (Å²) in [5.41, 5.74) is 2.15. The average Bonchev–Trinajstić information content (AvgIpc) is 2.20. The van der Waals surface area contributed by atoms with E-state index in [-0.39, 0.29) is 0 Å². The molecule has 0 aliphatic carbocycles. The molecule has 1 aromatic rings. The number of ether oxygens (including phenoxy) is 1. The molecule has 14 heavy (non-hydrogen) atoms. The van der Waals surface area contributed by atoms with E-state index in [4.69, 9.17) is 0 Å². The first-order valence-corrected chi connectivity index (χ1v) is 4.36. The molecule has 0 aliphatic rings. The first kappa shape index (κ1) is 10.7. The van der Waals surface area contributed by atoms with Crippen molar-refractivity contribution in [3.63, 3.8) is 0 Å². The molecule has 0 bridgehead atoms. The summed E-state index contributed by atoms with van der Waals surface area (Å²) >= 11 is 0. The number of hydrogen-bond acceptors (Lipinski definition) is 2. The van der Waals surface area contributed by atoms with E-state index in [0.717, 1.165) is 11.1 Å². The number of carbonyl (C=O) groups excluding carboxylic acids is 1. The van der Waals surface area contributed by atoms with Gasteiger partial charge in [0.15, 0.2) is 0 Å². The Kier molecular flexibility index (Phi) is 3.23. The number of aryl methyl sites for hydroxylation is 1. The van der Waals surface area contributed by atoms with Crippen molar-refractivity contribution in [1.29, 1.82) is 0 Å². The summed E-state index contributed by atoms with van der Waals surface area (Å²) in [5.74, 6) is -0.848. The lowest BCUT2D eigenvalue weighted by Crippen LogP contribution is -2.11. The molecule has 3 heteroatoms. The molecule has 1 rings (SSSR count). The van der Waals surface area contributed by atoms with Gasteiger partial charge in [-0.2, -0.15) is 0 Å². The number of methoxy groups -OCH3 is 1. The third-order valence-electron chi connectivity index (χ3n) is 2.33. The lowest BCUT2D eigenvalue weighted by Gasteiger charge is -2.11. The van der Waals surface area contributed by atoms with Crippen LogP contribution < -0.4 is 0 Å². The molecule has 0 saturated carbocycles. The summed E-state index contributed by atoms with van der Waals surface area (Å²) in [5, 5.41) is 0. The molecule has 0 aliphatic heterocycles. The highest BCUT2D eigenvalue weighted by Gasteiger charge is 2.22. The van der Waals surface area contributed by atoms with Crippen LogP contribution in [0.3, 0.4) is 0 Å². The number of esters is 1. The molecule has 1 aromatic carbocycles.